The average molecular weight is 263 g/mol. The van der Waals surface area contributed by atoms with E-state index >= 15 is 0 Å². The third-order valence-corrected chi connectivity index (χ3v) is 3.89. The van der Waals surface area contributed by atoms with E-state index in [1.807, 2.05) is 11.9 Å². The summed E-state index contributed by atoms with van der Waals surface area (Å²) in [5.74, 6) is -1.61. The van der Waals surface area contributed by atoms with Gasteiger partial charge in [0, 0.05) is 12.6 Å². The van der Waals surface area contributed by atoms with E-state index in [0.29, 0.717) is 13.0 Å². The normalized spacial score (nSPS) is 28.3. The van der Waals surface area contributed by atoms with E-state index < -0.39 is 18.0 Å². The molecule has 0 amide bonds. The van der Waals surface area contributed by atoms with Gasteiger partial charge in [-0.3, -0.25) is 9.69 Å². The fourth-order valence-electron chi connectivity index (χ4n) is 2.97. The molecule has 19 heavy (non-hydrogen) atoms. The van der Waals surface area contributed by atoms with Gasteiger partial charge in [0.15, 0.2) is 0 Å². The van der Waals surface area contributed by atoms with Crippen molar-refractivity contribution in [2.75, 3.05) is 13.6 Å². The lowest BCUT2D eigenvalue weighted by Gasteiger charge is -2.39. The number of benzene rings is 1. The second kappa shape index (κ2) is 5.31. The molecule has 0 saturated carbocycles. The number of hydrogen-bond donors (Lipinski definition) is 2. The van der Waals surface area contributed by atoms with Gasteiger partial charge in [-0.25, -0.2) is 0 Å². The SMILES string of the molecule is Cc1cc(C)cc(C2CC(O)C(C(=O)O)CN2C)c1. The van der Waals surface area contributed by atoms with Gasteiger partial charge in [-0.1, -0.05) is 29.3 Å². The van der Waals surface area contributed by atoms with Crippen LogP contribution in [0, 0.1) is 19.8 Å². The number of hydrogen-bond acceptors (Lipinski definition) is 3. The summed E-state index contributed by atoms with van der Waals surface area (Å²) in [5, 5.41) is 19.1. The fraction of sp³-hybridized carbons (Fsp3) is 0.533. The van der Waals surface area contributed by atoms with Crippen molar-refractivity contribution < 1.29 is 15.0 Å². The fourth-order valence-corrected chi connectivity index (χ4v) is 2.97. The predicted molar refractivity (Wildman–Crippen MR) is 73.0 cm³/mol. The van der Waals surface area contributed by atoms with Crippen LogP contribution in [0.15, 0.2) is 18.2 Å². The van der Waals surface area contributed by atoms with E-state index in [9.17, 15) is 9.90 Å². The van der Waals surface area contributed by atoms with E-state index in [2.05, 4.69) is 32.0 Å². The highest BCUT2D eigenvalue weighted by molar-refractivity contribution is 5.71. The van der Waals surface area contributed by atoms with Crippen molar-refractivity contribution in [1.82, 2.24) is 4.90 Å². The van der Waals surface area contributed by atoms with E-state index in [4.69, 9.17) is 5.11 Å². The molecule has 1 aromatic carbocycles. The highest BCUT2D eigenvalue weighted by Crippen LogP contribution is 2.33. The lowest BCUT2D eigenvalue weighted by molar-refractivity contribution is -0.150. The van der Waals surface area contributed by atoms with Crippen LogP contribution in [0.2, 0.25) is 0 Å². The average Bonchev–Trinajstić information content (AvgIpc) is 2.30. The minimum atomic E-state index is -0.918. The Morgan fingerprint density at radius 1 is 1.26 bits per heavy atom. The van der Waals surface area contributed by atoms with Gasteiger partial charge in [0.2, 0.25) is 0 Å². The second-order valence-corrected chi connectivity index (χ2v) is 5.62. The number of carboxylic acid groups (broad SMARTS) is 1. The van der Waals surface area contributed by atoms with Crippen molar-refractivity contribution in [2.24, 2.45) is 5.92 Å². The number of carboxylic acids is 1. The van der Waals surface area contributed by atoms with Crippen LogP contribution < -0.4 is 0 Å². The van der Waals surface area contributed by atoms with Gasteiger partial charge in [0.1, 0.15) is 0 Å². The summed E-state index contributed by atoms with van der Waals surface area (Å²) in [5.41, 5.74) is 3.54. The lowest BCUT2D eigenvalue weighted by Crippen LogP contribution is -2.46. The molecule has 4 heteroatoms. The lowest BCUT2D eigenvalue weighted by atomic mass is 9.86. The third kappa shape index (κ3) is 2.96. The summed E-state index contributed by atoms with van der Waals surface area (Å²) >= 11 is 0. The molecule has 0 spiro atoms. The molecular weight excluding hydrogens is 242 g/mol. The molecule has 1 saturated heterocycles. The van der Waals surface area contributed by atoms with Crippen molar-refractivity contribution in [3.8, 4) is 0 Å². The molecule has 1 aliphatic rings. The van der Waals surface area contributed by atoms with Crippen molar-refractivity contribution in [3.05, 3.63) is 34.9 Å². The number of carbonyl (C=O) groups is 1. The summed E-state index contributed by atoms with van der Waals surface area (Å²) in [4.78, 5) is 13.1. The van der Waals surface area contributed by atoms with Gasteiger partial charge in [-0.05, 0) is 32.9 Å². The summed E-state index contributed by atoms with van der Waals surface area (Å²) in [6.45, 7) is 4.49. The first-order chi connectivity index (χ1) is 8.88. The van der Waals surface area contributed by atoms with Gasteiger partial charge in [0.25, 0.3) is 0 Å². The molecule has 2 rings (SSSR count). The Morgan fingerprint density at radius 2 is 1.84 bits per heavy atom. The summed E-state index contributed by atoms with van der Waals surface area (Å²) in [6.07, 6.45) is -0.310. The number of nitrogens with zero attached hydrogens (tertiary/aromatic N) is 1. The van der Waals surface area contributed by atoms with Gasteiger partial charge in [0.05, 0.1) is 12.0 Å². The number of aryl methyl sites for hydroxylation is 2. The summed E-state index contributed by atoms with van der Waals surface area (Å²) in [6, 6.07) is 6.43. The molecule has 1 fully saturated rings. The van der Waals surface area contributed by atoms with Crippen molar-refractivity contribution >= 4 is 5.97 Å². The Kier molecular flexibility index (Phi) is 3.92. The van der Waals surface area contributed by atoms with Gasteiger partial charge in [-0.15, -0.1) is 0 Å². The van der Waals surface area contributed by atoms with Crippen LogP contribution >= 0.6 is 0 Å². The molecule has 3 atom stereocenters. The molecule has 1 heterocycles. The minimum absolute atomic E-state index is 0.0872. The Hall–Kier alpha value is -1.39. The minimum Gasteiger partial charge on any atom is -0.481 e. The van der Waals surface area contributed by atoms with E-state index in [1.54, 1.807) is 0 Å². The first-order valence-corrected chi connectivity index (χ1v) is 6.58. The first-order valence-electron chi connectivity index (χ1n) is 6.58. The summed E-state index contributed by atoms with van der Waals surface area (Å²) in [7, 11) is 1.92. The van der Waals surface area contributed by atoms with Crippen LogP contribution in [0.3, 0.4) is 0 Å². The third-order valence-electron chi connectivity index (χ3n) is 3.89. The monoisotopic (exact) mass is 263 g/mol. The second-order valence-electron chi connectivity index (χ2n) is 5.62. The highest BCUT2D eigenvalue weighted by Gasteiger charge is 2.37. The standard InChI is InChI=1S/C15H21NO3/c1-9-4-10(2)6-11(5-9)13-7-14(17)12(15(18)19)8-16(13)3/h4-6,12-14,17H,7-8H2,1-3H3,(H,18,19). The van der Waals surface area contributed by atoms with Crippen molar-refractivity contribution in [1.29, 1.82) is 0 Å². The Morgan fingerprint density at radius 3 is 2.37 bits per heavy atom. The zero-order valence-electron chi connectivity index (χ0n) is 11.6. The van der Waals surface area contributed by atoms with Crippen LogP contribution in [0.5, 0.6) is 0 Å². The first kappa shape index (κ1) is 14.0. The zero-order chi connectivity index (χ0) is 14.2. The maximum atomic E-state index is 11.1. The predicted octanol–water partition coefficient (Wildman–Crippen LogP) is 1.74. The number of aliphatic hydroxyl groups is 1. The molecular formula is C15H21NO3. The maximum absolute atomic E-state index is 11.1. The van der Waals surface area contributed by atoms with E-state index in [-0.39, 0.29) is 6.04 Å². The molecule has 3 unspecified atom stereocenters. The summed E-state index contributed by atoms with van der Waals surface area (Å²) < 4.78 is 0. The number of piperidine rings is 1. The Bertz CT molecular complexity index is 466. The van der Waals surface area contributed by atoms with Gasteiger partial charge >= 0.3 is 5.97 Å². The molecule has 104 valence electrons. The van der Waals surface area contributed by atoms with Crippen LogP contribution in [0.4, 0.5) is 0 Å². The molecule has 0 radical (unpaired) electrons. The van der Waals surface area contributed by atoms with Crippen molar-refractivity contribution in [3.63, 3.8) is 0 Å². The van der Waals surface area contributed by atoms with Gasteiger partial charge in [-0.2, -0.15) is 0 Å². The molecule has 4 nitrogen and oxygen atoms in total. The zero-order valence-corrected chi connectivity index (χ0v) is 11.6. The van der Waals surface area contributed by atoms with E-state index in [0.717, 1.165) is 5.56 Å². The van der Waals surface area contributed by atoms with Crippen molar-refractivity contribution in [2.45, 2.75) is 32.4 Å². The molecule has 1 aliphatic heterocycles. The Labute approximate surface area is 113 Å². The molecule has 1 aromatic rings. The smallest absolute Gasteiger partial charge is 0.310 e. The van der Waals surface area contributed by atoms with Crippen LogP contribution in [-0.4, -0.2) is 40.8 Å². The number of rotatable bonds is 2. The number of aliphatic hydroxyl groups excluding tert-OH is 1. The van der Waals surface area contributed by atoms with Crippen LogP contribution in [0.1, 0.15) is 29.2 Å². The number of likely N-dealkylation sites (tertiary alicyclic amines) is 1. The molecule has 0 aromatic heterocycles. The molecule has 2 N–H and O–H groups in total. The quantitative estimate of drug-likeness (QED) is 0.853. The topological polar surface area (TPSA) is 60.8 Å². The largest absolute Gasteiger partial charge is 0.481 e. The number of aliphatic carboxylic acids is 1. The molecule has 0 aliphatic carbocycles. The molecule has 0 bridgehead atoms. The maximum Gasteiger partial charge on any atom is 0.310 e. The van der Waals surface area contributed by atoms with Gasteiger partial charge < -0.3 is 10.2 Å². The highest BCUT2D eigenvalue weighted by atomic mass is 16.4. The van der Waals surface area contributed by atoms with Crippen LogP contribution in [0.25, 0.3) is 0 Å². The van der Waals surface area contributed by atoms with E-state index in [1.165, 1.54) is 11.1 Å². The van der Waals surface area contributed by atoms with Crippen LogP contribution in [-0.2, 0) is 4.79 Å². The Balaban J connectivity index is 2.24.